The third-order valence-electron chi connectivity index (χ3n) is 5.25. The van der Waals surface area contributed by atoms with Gasteiger partial charge in [0.2, 0.25) is 5.78 Å². The number of rotatable bonds is 5. The molecule has 156 valence electrons. The largest absolute Gasteiger partial charge is 0.494 e. The zero-order valence-corrected chi connectivity index (χ0v) is 17.1. The number of nitrogens with one attached hydrogen (secondary N) is 1. The monoisotopic (exact) mass is 416 g/mol. The van der Waals surface area contributed by atoms with Gasteiger partial charge in [-0.05, 0) is 36.8 Å². The maximum atomic E-state index is 12.8. The van der Waals surface area contributed by atoms with Crippen LogP contribution in [0.5, 0.6) is 5.75 Å². The number of aryl methyl sites for hydroxylation is 1. The SMILES string of the molecule is CCOc1ccc(-c2nnc3n(Cc4ccccc4)c4c(=O)[nH]c(=O)n(C)c4n23)cc1. The lowest BCUT2D eigenvalue weighted by Gasteiger charge is -2.05. The summed E-state index contributed by atoms with van der Waals surface area (Å²) in [5.41, 5.74) is 1.64. The fourth-order valence-corrected chi connectivity index (χ4v) is 3.81. The molecule has 0 amide bonds. The number of benzene rings is 2. The maximum absolute atomic E-state index is 12.8. The molecule has 2 aromatic carbocycles. The van der Waals surface area contributed by atoms with Crippen LogP contribution in [0, 0.1) is 0 Å². The Kier molecular flexibility index (Phi) is 4.43. The highest BCUT2D eigenvalue weighted by Crippen LogP contribution is 2.26. The van der Waals surface area contributed by atoms with Gasteiger partial charge in [-0.1, -0.05) is 30.3 Å². The molecule has 5 aromatic rings. The summed E-state index contributed by atoms with van der Waals surface area (Å²) in [6, 6.07) is 17.2. The van der Waals surface area contributed by atoms with Gasteiger partial charge in [-0.2, -0.15) is 0 Å². The minimum absolute atomic E-state index is 0.364. The van der Waals surface area contributed by atoms with Crippen LogP contribution in [0.2, 0.25) is 0 Å². The number of hydrogen-bond donors (Lipinski definition) is 1. The Morgan fingerprint density at radius 2 is 1.74 bits per heavy atom. The molecule has 0 aliphatic rings. The van der Waals surface area contributed by atoms with E-state index in [9.17, 15) is 9.59 Å². The van der Waals surface area contributed by atoms with Crippen molar-refractivity contribution in [2.24, 2.45) is 7.05 Å². The van der Waals surface area contributed by atoms with E-state index in [-0.39, 0.29) is 0 Å². The van der Waals surface area contributed by atoms with Crippen molar-refractivity contribution in [3.05, 3.63) is 81.0 Å². The minimum Gasteiger partial charge on any atom is -0.494 e. The molecule has 9 nitrogen and oxygen atoms in total. The van der Waals surface area contributed by atoms with Crippen molar-refractivity contribution in [2.75, 3.05) is 6.61 Å². The summed E-state index contributed by atoms with van der Waals surface area (Å²) in [7, 11) is 1.62. The first-order valence-electron chi connectivity index (χ1n) is 9.92. The van der Waals surface area contributed by atoms with Crippen molar-refractivity contribution in [3.8, 4) is 17.1 Å². The van der Waals surface area contributed by atoms with Crippen LogP contribution in [-0.2, 0) is 13.6 Å². The number of hydrogen-bond acceptors (Lipinski definition) is 5. The molecule has 1 N–H and O–H groups in total. The Bertz CT molecular complexity index is 1510. The second-order valence-electron chi connectivity index (χ2n) is 7.18. The van der Waals surface area contributed by atoms with Gasteiger partial charge in [0.25, 0.3) is 5.56 Å². The zero-order valence-electron chi connectivity index (χ0n) is 17.1. The van der Waals surface area contributed by atoms with E-state index in [1.807, 2.05) is 61.5 Å². The van der Waals surface area contributed by atoms with Crippen LogP contribution in [0.15, 0.2) is 64.2 Å². The number of nitrogens with zero attached hydrogens (tertiary/aromatic N) is 5. The Morgan fingerprint density at radius 3 is 2.45 bits per heavy atom. The molecule has 0 spiro atoms. The molecule has 3 aromatic heterocycles. The highest BCUT2D eigenvalue weighted by molar-refractivity contribution is 5.79. The van der Waals surface area contributed by atoms with Gasteiger partial charge in [-0.15, -0.1) is 10.2 Å². The Hall–Kier alpha value is -4.14. The smallest absolute Gasteiger partial charge is 0.329 e. The summed E-state index contributed by atoms with van der Waals surface area (Å²) in [5, 5.41) is 8.75. The summed E-state index contributed by atoms with van der Waals surface area (Å²) in [6.07, 6.45) is 0. The van der Waals surface area contributed by atoms with Crippen LogP contribution >= 0.6 is 0 Å². The van der Waals surface area contributed by atoms with Gasteiger partial charge in [0, 0.05) is 12.6 Å². The molecule has 0 aliphatic heterocycles. The van der Waals surface area contributed by atoms with Gasteiger partial charge in [-0.3, -0.25) is 18.9 Å². The predicted molar refractivity (Wildman–Crippen MR) is 116 cm³/mol. The maximum Gasteiger partial charge on any atom is 0.329 e. The standard InChI is InChI=1S/C22H20N6O3/c1-3-31-16-11-9-15(10-12-16)18-24-25-21-27(13-14-7-5-4-6-8-14)17-19(29)23-22(30)26(2)20(17)28(18)21/h4-12H,3,13H2,1-2H3,(H,23,29,30). The summed E-state index contributed by atoms with van der Waals surface area (Å²) >= 11 is 0. The molecule has 0 aliphatic carbocycles. The fourth-order valence-electron chi connectivity index (χ4n) is 3.81. The van der Waals surface area contributed by atoms with Crippen LogP contribution in [-0.4, -0.2) is 35.3 Å². The quantitative estimate of drug-likeness (QED) is 0.473. The molecular weight excluding hydrogens is 396 g/mol. The molecule has 3 heterocycles. The summed E-state index contributed by atoms with van der Waals surface area (Å²) < 4.78 is 10.5. The minimum atomic E-state index is -0.498. The van der Waals surface area contributed by atoms with Crippen LogP contribution in [0.25, 0.3) is 28.3 Å². The second-order valence-corrected chi connectivity index (χ2v) is 7.18. The summed E-state index contributed by atoms with van der Waals surface area (Å²) in [5.74, 6) is 1.77. The van der Waals surface area contributed by atoms with Crippen molar-refractivity contribution >= 4 is 16.9 Å². The van der Waals surface area contributed by atoms with Crippen molar-refractivity contribution in [1.29, 1.82) is 0 Å². The molecule has 9 heteroatoms. The van der Waals surface area contributed by atoms with Crippen LogP contribution in [0.3, 0.4) is 0 Å². The summed E-state index contributed by atoms with van der Waals surface area (Å²) in [4.78, 5) is 27.6. The van der Waals surface area contributed by atoms with Gasteiger partial charge in [-0.25, -0.2) is 9.20 Å². The van der Waals surface area contributed by atoms with E-state index in [4.69, 9.17) is 4.74 Å². The third kappa shape index (κ3) is 3.02. The number of aromatic nitrogens is 6. The Balaban J connectivity index is 1.81. The Morgan fingerprint density at radius 1 is 1.00 bits per heavy atom. The van der Waals surface area contributed by atoms with Crippen molar-refractivity contribution in [1.82, 2.24) is 28.7 Å². The number of ether oxygens (including phenoxy) is 1. The molecular formula is C22H20N6O3. The first kappa shape index (κ1) is 18.9. The molecule has 0 saturated carbocycles. The predicted octanol–water partition coefficient (Wildman–Crippen LogP) is 2.18. The average Bonchev–Trinajstić information content (AvgIpc) is 3.33. The van der Waals surface area contributed by atoms with Gasteiger partial charge in [0.1, 0.15) is 5.75 Å². The van der Waals surface area contributed by atoms with Gasteiger partial charge >= 0.3 is 5.69 Å². The van der Waals surface area contributed by atoms with E-state index in [1.54, 1.807) is 16.0 Å². The fraction of sp³-hybridized carbons (Fsp3) is 0.182. The molecule has 0 saturated heterocycles. The molecule has 31 heavy (non-hydrogen) atoms. The molecule has 0 radical (unpaired) electrons. The van der Waals surface area contributed by atoms with E-state index < -0.39 is 11.2 Å². The third-order valence-corrected chi connectivity index (χ3v) is 5.25. The van der Waals surface area contributed by atoms with E-state index in [0.29, 0.717) is 35.9 Å². The van der Waals surface area contributed by atoms with E-state index in [2.05, 4.69) is 15.2 Å². The number of imidazole rings is 1. The highest BCUT2D eigenvalue weighted by atomic mass is 16.5. The van der Waals surface area contributed by atoms with Gasteiger partial charge in [0.15, 0.2) is 17.0 Å². The number of H-pyrrole nitrogens is 1. The number of fused-ring (bicyclic) bond motifs is 3. The van der Waals surface area contributed by atoms with E-state index in [0.717, 1.165) is 16.9 Å². The molecule has 0 fully saturated rings. The lowest BCUT2D eigenvalue weighted by Crippen LogP contribution is -2.29. The molecule has 0 unspecified atom stereocenters. The van der Waals surface area contributed by atoms with Crippen molar-refractivity contribution < 1.29 is 4.74 Å². The van der Waals surface area contributed by atoms with E-state index in [1.165, 1.54) is 4.57 Å². The topological polar surface area (TPSA) is 99.2 Å². The van der Waals surface area contributed by atoms with E-state index >= 15 is 0 Å². The van der Waals surface area contributed by atoms with Gasteiger partial charge < -0.3 is 4.74 Å². The van der Waals surface area contributed by atoms with Crippen LogP contribution in [0.4, 0.5) is 0 Å². The zero-order chi connectivity index (χ0) is 21.5. The van der Waals surface area contributed by atoms with Crippen LogP contribution < -0.4 is 16.0 Å². The molecule has 5 rings (SSSR count). The second kappa shape index (κ2) is 7.28. The average molecular weight is 416 g/mol. The first-order valence-corrected chi connectivity index (χ1v) is 9.92. The van der Waals surface area contributed by atoms with Gasteiger partial charge in [0.05, 0.1) is 13.2 Å². The Labute approximate surface area is 176 Å². The highest BCUT2D eigenvalue weighted by Gasteiger charge is 2.23. The summed E-state index contributed by atoms with van der Waals surface area (Å²) in [6.45, 7) is 2.92. The lowest BCUT2D eigenvalue weighted by atomic mass is 10.2. The van der Waals surface area contributed by atoms with Crippen molar-refractivity contribution in [2.45, 2.75) is 13.5 Å². The normalized spacial score (nSPS) is 11.4. The molecule has 0 bridgehead atoms. The van der Waals surface area contributed by atoms with Crippen LogP contribution in [0.1, 0.15) is 12.5 Å². The van der Waals surface area contributed by atoms with Crippen molar-refractivity contribution in [3.63, 3.8) is 0 Å². The molecule has 0 atom stereocenters. The lowest BCUT2D eigenvalue weighted by molar-refractivity contribution is 0.340. The first-order chi connectivity index (χ1) is 15.1. The number of aromatic amines is 1.